The number of carbonyl (C=O) groups excluding carboxylic acids is 1. The van der Waals surface area contributed by atoms with E-state index in [-0.39, 0.29) is 5.91 Å². The molecule has 2 aliphatic rings. The zero-order valence-electron chi connectivity index (χ0n) is 16.3. The number of carbonyl (C=O) groups is 1. The summed E-state index contributed by atoms with van der Waals surface area (Å²) in [6, 6.07) is 4.78. The van der Waals surface area contributed by atoms with E-state index in [4.69, 9.17) is 5.84 Å². The average molecular weight is 420 g/mol. The summed E-state index contributed by atoms with van der Waals surface area (Å²) in [6.45, 7) is 0. The Balaban J connectivity index is 1.44. The minimum absolute atomic E-state index is 0.240. The largest absolute Gasteiger partial charge is 0.336 e. The van der Waals surface area contributed by atoms with Gasteiger partial charge in [-0.25, -0.2) is 4.68 Å². The molecule has 0 unspecified atom stereocenters. The first-order valence-corrected chi connectivity index (χ1v) is 12.3. The van der Waals surface area contributed by atoms with Crippen LogP contribution in [-0.4, -0.2) is 43.5 Å². The Morgan fingerprint density at radius 2 is 1.75 bits per heavy atom. The average Bonchev–Trinajstić information content (AvgIpc) is 3.38. The van der Waals surface area contributed by atoms with Crippen LogP contribution in [0.5, 0.6) is 0 Å². The van der Waals surface area contributed by atoms with Gasteiger partial charge in [0, 0.05) is 12.1 Å². The number of rotatable bonds is 6. The van der Waals surface area contributed by atoms with Crippen LogP contribution in [0, 0.1) is 0 Å². The third-order valence-electron chi connectivity index (χ3n) is 5.96. The van der Waals surface area contributed by atoms with E-state index in [2.05, 4.69) is 15.1 Å². The molecule has 0 bridgehead atoms. The van der Waals surface area contributed by atoms with E-state index >= 15 is 0 Å². The lowest BCUT2D eigenvalue weighted by atomic mass is 9.88. The van der Waals surface area contributed by atoms with Gasteiger partial charge in [-0.05, 0) is 37.1 Å². The first-order valence-electron chi connectivity index (χ1n) is 10.4. The minimum atomic E-state index is 0.240. The monoisotopic (exact) mass is 419 g/mol. The predicted molar refractivity (Wildman–Crippen MR) is 115 cm³/mol. The Morgan fingerprint density at radius 1 is 1.11 bits per heavy atom. The molecular formula is C20H29N5OS2. The van der Waals surface area contributed by atoms with Gasteiger partial charge in [0.15, 0.2) is 5.82 Å². The second kappa shape index (κ2) is 9.31. The Labute approximate surface area is 174 Å². The van der Waals surface area contributed by atoms with Crippen molar-refractivity contribution >= 4 is 29.0 Å². The molecule has 2 aromatic rings. The molecule has 0 spiro atoms. The third-order valence-corrected chi connectivity index (χ3v) is 7.75. The van der Waals surface area contributed by atoms with Gasteiger partial charge < -0.3 is 10.7 Å². The van der Waals surface area contributed by atoms with Crippen molar-refractivity contribution in [2.45, 2.75) is 81.4 Å². The van der Waals surface area contributed by atoms with E-state index in [0.717, 1.165) is 30.6 Å². The summed E-state index contributed by atoms with van der Waals surface area (Å²) in [5.74, 6) is 7.47. The van der Waals surface area contributed by atoms with Crippen molar-refractivity contribution in [3.63, 3.8) is 0 Å². The van der Waals surface area contributed by atoms with Gasteiger partial charge in [0.25, 0.3) is 0 Å². The van der Waals surface area contributed by atoms with Crippen molar-refractivity contribution in [2.75, 3.05) is 11.6 Å². The molecule has 152 valence electrons. The summed E-state index contributed by atoms with van der Waals surface area (Å²) >= 11 is 2.99. The predicted octanol–water partition coefficient (Wildman–Crippen LogP) is 4.31. The molecule has 1 amide bonds. The Hall–Kier alpha value is -1.54. The number of hydrogen-bond acceptors (Lipinski definition) is 6. The number of nitrogens with two attached hydrogens (primary N) is 1. The number of hydrogen-bond donors (Lipinski definition) is 1. The quantitative estimate of drug-likeness (QED) is 0.558. The topological polar surface area (TPSA) is 77.0 Å². The van der Waals surface area contributed by atoms with Crippen molar-refractivity contribution in [3.8, 4) is 10.7 Å². The van der Waals surface area contributed by atoms with Crippen molar-refractivity contribution in [2.24, 2.45) is 0 Å². The van der Waals surface area contributed by atoms with Crippen LogP contribution >= 0.6 is 23.1 Å². The van der Waals surface area contributed by atoms with E-state index in [9.17, 15) is 4.79 Å². The first kappa shape index (κ1) is 19.8. The maximum Gasteiger partial charge on any atom is 0.233 e. The van der Waals surface area contributed by atoms with Gasteiger partial charge in [-0.1, -0.05) is 56.4 Å². The van der Waals surface area contributed by atoms with Crippen molar-refractivity contribution in [1.29, 1.82) is 0 Å². The zero-order valence-corrected chi connectivity index (χ0v) is 17.9. The fraction of sp³-hybridized carbons (Fsp3) is 0.650. The second-order valence-electron chi connectivity index (χ2n) is 7.83. The highest BCUT2D eigenvalue weighted by Crippen LogP contribution is 2.31. The van der Waals surface area contributed by atoms with E-state index < -0.39 is 0 Å². The SMILES string of the molecule is Nn1c(SCC(=O)N(C2CCCCC2)C2CCCCC2)nnc1-c1cccs1. The summed E-state index contributed by atoms with van der Waals surface area (Å²) in [7, 11) is 0. The van der Waals surface area contributed by atoms with E-state index in [0.29, 0.717) is 28.8 Å². The first-order chi connectivity index (χ1) is 13.7. The van der Waals surface area contributed by atoms with Crippen molar-refractivity contribution in [1.82, 2.24) is 19.8 Å². The molecule has 2 fully saturated rings. The van der Waals surface area contributed by atoms with Crippen LogP contribution in [-0.2, 0) is 4.79 Å². The highest BCUT2D eigenvalue weighted by atomic mass is 32.2. The fourth-order valence-electron chi connectivity index (χ4n) is 4.57. The summed E-state index contributed by atoms with van der Waals surface area (Å²) in [5, 5.41) is 11.0. The molecular weight excluding hydrogens is 390 g/mol. The zero-order chi connectivity index (χ0) is 19.3. The summed E-state index contributed by atoms with van der Waals surface area (Å²) < 4.78 is 1.51. The molecule has 2 N–H and O–H groups in total. The molecule has 0 radical (unpaired) electrons. The molecule has 6 nitrogen and oxygen atoms in total. The number of amides is 1. The molecule has 4 rings (SSSR count). The Morgan fingerprint density at radius 3 is 2.32 bits per heavy atom. The van der Waals surface area contributed by atoms with Crippen LogP contribution in [0.3, 0.4) is 0 Å². The lowest BCUT2D eigenvalue weighted by Gasteiger charge is -2.41. The van der Waals surface area contributed by atoms with E-state index in [1.54, 1.807) is 11.3 Å². The van der Waals surface area contributed by atoms with Crippen LogP contribution < -0.4 is 5.84 Å². The Bertz CT molecular complexity index is 746. The van der Waals surface area contributed by atoms with Crippen LogP contribution in [0.25, 0.3) is 10.7 Å². The lowest BCUT2D eigenvalue weighted by molar-refractivity contribution is -0.135. The van der Waals surface area contributed by atoms with Gasteiger partial charge in [-0.2, -0.15) is 0 Å². The summed E-state index contributed by atoms with van der Waals surface area (Å²) in [5.41, 5.74) is 0. The fourth-order valence-corrected chi connectivity index (χ4v) is 6.01. The smallest absolute Gasteiger partial charge is 0.233 e. The molecule has 0 aliphatic heterocycles. The Kier molecular flexibility index (Phi) is 6.57. The molecule has 8 heteroatoms. The standard InChI is InChI=1S/C20H29N5OS2/c21-25-19(17-12-7-13-27-17)22-23-20(25)28-14-18(26)24(15-8-3-1-4-9-15)16-10-5-2-6-11-16/h7,12-13,15-16H,1-6,8-11,14,21H2. The summed E-state index contributed by atoms with van der Waals surface area (Å²) in [6.07, 6.45) is 12.2. The van der Waals surface area contributed by atoms with Crippen LogP contribution in [0.1, 0.15) is 64.2 Å². The van der Waals surface area contributed by atoms with Gasteiger partial charge in [0.2, 0.25) is 11.1 Å². The van der Waals surface area contributed by atoms with Crippen molar-refractivity contribution in [3.05, 3.63) is 17.5 Å². The second-order valence-corrected chi connectivity index (χ2v) is 9.72. The molecule has 0 aromatic carbocycles. The molecule has 2 heterocycles. The molecule has 0 saturated heterocycles. The molecule has 28 heavy (non-hydrogen) atoms. The van der Waals surface area contributed by atoms with Crippen molar-refractivity contribution < 1.29 is 4.79 Å². The van der Waals surface area contributed by atoms with Gasteiger partial charge >= 0.3 is 0 Å². The summed E-state index contributed by atoms with van der Waals surface area (Å²) in [4.78, 5) is 16.5. The number of nitrogen functional groups attached to an aromatic ring is 1. The van der Waals surface area contributed by atoms with E-state index in [1.165, 1.54) is 55.0 Å². The van der Waals surface area contributed by atoms with Crippen LogP contribution in [0.2, 0.25) is 0 Å². The van der Waals surface area contributed by atoms with Gasteiger partial charge in [0.05, 0.1) is 10.6 Å². The minimum Gasteiger partial charge on any atom is -0.336 e. The number of thioether (sulfide) groups is 1. The molecule has 0 atom stereocenters. The number of aromatic nitrogens is 3. The highest BCUT2D eigenvalue weighted by molar-refractivity contribution is 7.99. The highest BCUT2D eigenvalue weighted by Gasteiger charge is 2.32. The normalized spacial score (nSPS) is 19.0. The van der Waals surface area contributed by atoms with Gasteiger partial charge in [-0.15, -0.1) is 21.5 Å². The maximum atomic E-state index is 13.3. The molecule has 2 saturated carbocycles. The van der Waals surface area contributed by atoms with Gasteiger partial charge in [0.1, 0.15) is 0 Å². The van der Waals surface area contributed by atoms with Gasteiger partial charge in [-0.3, -0.25) is 4.79 Å². The number of thiophene rings is 1. The van der Waals surface area contributed by atoms with E-state index in [1.807, 2.05) is 17.5 Å². The lowest BCUT2D eigenvalue weighted by Crippen LogP contribution is -2.49. The van der Waals surface area contributed by atoms with Crippen LogP contribution in [0.15, 0.2) is 22.7 Å². The molecule has 2 aliphatic carbocycles. The third kappa shape index (κ3) is 4.38. The number of nitrogens with zero attached hydrogens (tertiary/aromatic N) is 4. The van der Waals surface area contributed by atoms with Crippen LogP contribution in [0.4, 0.5) is 0 Å². The molecule has 2 aromatic heterocycles. The maximum absolute atomic E-state index is 13.3.